The van der Waals surface area contributed by atoms with E-state index in [-0.39, 0.29) is 11.5 Å². The molecule has 0 bridgehead atoms. The summed E-state index contributed by atoms with van der Waals surface area (Å²) in [5.41, 5.74) is 6.33. The first kappa shape index (κ1) is 17.6. The van der Waals surface area contributed by atoms with E-state index in [0.717, 1.165) is 6.26 Å². The van der Waals surface area contributed by atoms with Crippen LogP contribution in [-0.2, 0) is 14.6 Å². The molecule has 3 N–H and O–H groups in total. The summed E-state index contributed by atoms with van der Waals surface area (Å²) < 4.78 is 22.2. The number of nitrogens with two attached hydrogens (primary N) is 1. The van der Waals surface area contributed by atoms with Crippen molar-refractivity contribution in [3.63, 3.8) is 0 Å². The van der Waals surface area contributed by atoms with Crippen LogP contribution in [0.2, 0.25) is 0 Å². The van der Waals surface area contributed by atoms with Crippen LogP contribution in [0.5, 0.6) is 0 Å². The van der Waals surface area contributed by atoms with Gasteiger partial charge in [0.2, 0.25) is 5.91 Å². The standard InChI is InChI=1S/C14H20N2O3S2/c1-14(2,21(3,18)19)9-16-13(17)11(12(15)20)10-7-5-4-6-8-10/h4-8,11H,9H2,1-3H3,(H2,15,20)(H,16,17). The van der Waals surface area contributed by atoms with Crippen LogP contribution in [0, 0.1) is 0 Å². The van der Waals surface area contributed by atoms with Gasteiger partial charge in [0.1, 0.15) is 5.92 Å². The molecule has 7 heteroatoms. The van der Waals surface area contributed by atoms with Crippen LogP contribution in [0.15, 0.2) is 30.3 Å². The predicted molar refractivity (Wildman–Crippen MR) is 87.9 cm³/mol. The second-order valence-electron chi connectivity index (χ2n) is 5.50. The van der Waals surface area contributed by atoms with Crippen LogP contribution in [0.1, 0.15) is 25.3 Å². The number of benzene rings is 1. The smallest absolute Gasteiger partial charge is 0.234 e. The minimum atomic E-state index is -3.29. The molecule has 5 nitrogen and oxygen atoms in total. The summed E-state index contributed by atoms with van der Waals surface area (Å²) >= 11 is 4.95. The third-order valence-electron chi connectivity index (χ3n) is 3.37. The molecule has 0 radical (unpaired) electrons. The normalized spacial score (nSPS) is 13.5. The largest absolute Gasteiger partial charge is 0.392 e. The zero-order valence-corrected chi connectivity index (χ0v) is 13.9. The number of thiocarbonyl (C=S) groups is 1. The second-order valence-corrected chi connectivity index (χ2v) is 8.62. The van der Waals surface area contributed by atoms with Gasteiger partial charge >= 0.3 is 0 Å². The van der Waals surface area contributed by atoms with Gasteiger partial charge in [-0.25, -0.2) is 8.42 Å². The molecule has 0 heterocycles. The fourth-order valence-electron chi connectivity index (χ4n) is 1.62. The highest BCUT2D eigenvalue weighted by Crippen LogP contribution is 2.18. The summed E-state index contributed by atoms with van der Waals surface area (Å²) in [7, 11) is -3.29. The van der Waals surface area contributed by atoms with E-state index in [0.29, 0.717) is 5.56 Å². The van der Waals surface area contributed by atoms with Gasteiger partial charge < -0.3 is 11.1 Å². The number of hydrogen-bond donors (Lipinski definition) is 2. The first-order valence-corrected chi connectivity index (χ1v) is 8.68. The lowest BCUT2D eigenvalue weighted by Crippen LogP contribution is -2.46. The summed E-state index contributed by atoms with van der Waals surface area (Å²) in [4.78, 5) is 12.3. The van der Waals surface area contributed by atoms with E-state index in [4.69, 9.17) is 18.0 Å². The van der Waals surface area contributed by atoms with Crippen molar-refractivity contribution in [1.82, 2.24) is 5.32 Å². The molecule has 0 saturated heterocycles. The fourth-order valence-corrected chi connectivity index (χ4v) is 2.20. The van der Waals surface area contributed by atoms with Gasteiger partial charge in [0, 0.05) is 12.8 Å². The summed E-state index contributed by atoms with van der Waals surface area (Å²) in [5.74, 6) is -1.16. The Morgan fingerprint density at radius 3 is 2.29 bits per heavy atom. The highest BCUT2D eigenvalue weighted by molar-refractivity contribution is 7.92. The van der Waals surface area contributed by atoms with Gasteiger partial charge in [-0.2, -0.15) is 0 Å². The van der Waals surface area contributed by atoms with Gasteiger partial charge in [-0.05, 0) is 19.4 Å². The molecular formula is C14H20N2O3S2. The topological polar surface area (TPSA) is 89.3 Å². The number of carbonyl (C=O) groups is 1. The second kappa shape index (κ2) is 6.53. The molecule has 0 aliphatic rings. The van der Waals surface area contributed by atoms with Crippen molar-refractivity contribution >= 4 is 33.0 Å². The highest BCUT2D eigenvalue weighted by atomic mass is 32.2. The number of rotatable bonds is 6. The SMILES string of the molecule is CC(C)(CNC(=O)C(C(N)=S)c1ccccc1)S(C)(=O)=O. The van der Waals surface area contributed by atoms with Gasteiger partial charge in [0.05, 0.1) is 9.74 Å². The van der Waals surface area contributed by atoms with E-state index in [2.05, 4.69) is 5.32 Å². The third kappa shape index (κ3) is 4.50. The molecule has 1 aromatic carbocycles. The predicted octanol–water partition coefficient (Wildman–Crippen LogP) is 0.996. The summed E-state index contributed by atoms with van der Waals surface area (Å²) in [5, 5.41) is 2.62. The van der Waals surface area contributed by atoms with Crippen molar-refractivity contribution in [3.8, 4) is 0 Å². The third-order valence-corrected chi connectivity index (χ3v) is 5.76. The molecule has 1 atom stereocenters. The van der Waals surface area contributed by atoms with Gasteiger partial charge in [-0.15, -0.1) is 0 Å². The van der Waals surface area contributed by atoms with Crippen molar-refractivity contribution in [2.75, 3.05) is 12.8 Å². The maximum absolute atomic E-state index is 12.3. The molecule has 116 valence electrons. The maximum atomic E-state index is 12.3. The average Bonchev–Trinajstić information content (AvgIpc) is 2.36. The van der Waals surface area contributed by atoms with Crippen molar-refractivity contribution in [2.24, 2.45) is 5.73 Å². The van der Waals surface area contributed by atoms with Crippen LogP contribution in [0.25, 0.3) is 0 Å². The van der Waals surface area contributed by atoms with Gasteiger partial charge in [-0.1, -0.05) is 42.5 Å². The molecule has 1 rings (SSSR count). The lowest BCUT2D eigenvalue weighted by atomic mass is 9.98. The first-order valence-electron chi connectivity index (χ1n) is 6.38. The van der Waals surface area contributed by atoms with Gasteiger partial charge in [-0.3, -0.25) is 4.79 Å². The van der Waals surface area contributed by atoms with E-state index < -0.39 is 26.4 Å². The Bertz CT molecular complexity index is 625. The van der Waals surface area contributed by atoms with E-state index in [1.54, 1.807) is 38.1 Å². The van der Waals surface area contributed by atoms with Crippen LogP contribution < -0.4 is 11.1 Å². The quantitative estimate of drug-likeness (QED) is 0.760. The van der Waals surface area contributed by atoms with Crippen LogP contribution >= 0.6 is 12.2 Å². The molecular weight excluding hydrogens is 308 g/mol. The van der Waals surface area contributed by atoms with E-state index in [1.807, 2.05) is 6.07 Å². The van der Waals surface area contributed by atoms with E-state index in [9.17, 15) is 13.2 Å². The summed E-state index contributed by atoms with van der Waals surface area (Å²) in [6, 6.07) is 8.91. The monoisotopic (exact) mass is 328 g/mol. The Morgan fingerprint density at radius 1 is 1.33 bits per heavy atom. The van der Waals surface area contributed by atoms with Crippen LogP contribution in [0.4, 0.5) is 0 Å². The number of nitrogens with one attached hydrogen (secondary N) is 1. The van der Waals surface area contributed by atoms with Gasteiger partial charge in [0.25, 0.3) is 0 Å². The highest BCUT2D eigenvalue weighted by Gasteiger charge is 2.32. The van der Waals surface area contributed by atoms with Crippen molar-refractivity contribution in [2.45, 2.75) is 24.5 Å². The lowest BCUT2D eigenvalue weighted by Gasteiger charge is -2.24. The molecule has 0 aromatic heterocycles. The zero-order valence-electron chi connectivity index (χ0n) is 12.3. The minimum absolute atomic E-state index is 0.00336. The number of carbonyl (C=O) groups excluding carboxylic acids is 1. The van der Waals surface area contributed by atoms with Crippen molar-refractivity contribution in [1.29, 1.82) is 0 Å². The van der Waals surface area contributed by atoms with Crippen molar-refractivity contribution < 1.29 is 13.2 Å². The average molecular weight is 328 g/mol. The molecule has 1 amide bonds. The summed E-state index contributed by atoms with van der Waals surface area (Å²) in [6.45, 7) is 3.11. The molecule has 0 aliphatic heterocycles. The van der Waals surface area contributed by atoms with Crippen LogP contribution in [0.3, 0.4) is 0 Å². The Morgan fingerprint density at radius 2 is 1.86 bits per heavy atom. The first-order chi connectivity index (χ1) is 9.56. The Hall–Kier alpha value is -1.47. The van der Waals surface area contributed by atoms with Gasteiger partial charge in [0.15, 0.2) is 9.84 Å². The maximum Gasteiger partial charge on any atom is 0.234 e. The Kier molecular flexibility index (Phi) is 5.47. The number of amides is 1. The molecule has 0 spiro atoms. The summed E-state index contributed by atoms with van der Waals surface area (Å²) in [6.07, 6.45) is 1.14. The van der Waals surface area contributed by atoms with Crippen molar-refractivity contribution in [3.05, 3.63) is 35.9 Å². The minimum Gasteiger partial charge on any atom is -0.392 e. The Labute approximate surface area is 130 Å². The lowest BCUT2D eigenvalue weighted by molar-refractivity contribution is -0.121. The molecule has 0 aliphatic carbocycles. The molecule has 0 fully saturated rings. The molecule has 0 saturated carbocycles. The Balaban J connectivity index is 2.89. The fraction of sp³-hybridized carbons (Fsp3) is 0.429. The number of hydrogen-bond acceptors (Lipinski definition) is 4. The van der Waals surface area contributed by atoms with E-state index >= 15 is 0 Å². The zero-order chi connectivity index (χ0) is 16.3. The molecule has 1 aromatic rings. The number of sulfone groups is 1. The molecule has 1 unspecified atom stereocenters. The van der Waals surface area contributed by atoms with E-state index in [1.165, 1.54) is 0 Å². The van der Waals surface area contributed by atoms with Crippen LogP contribution in [-0.4, -0.2) is 36.9 Å². The molecule has 21 heavy (non-hydrogen) atoms.